The van der Waals surface area contributed by atoms with E-state index in [-0.39, 0.29) is 6.04 Å². The zero-order valence-electron chi connectivity index (χ0n) is 10.3. The highest BCUT2D eigenvalue weighted by molar-refractivity contribution is 9.10. The molecule has 0 radical (unpaired) electrons. The molecule has 0 amide bonds. The molecule has 0 spiro atoms. The molecule has 0 aliphatic heterocycles. The van der Waals surface area contributed by atoms with Crippen molar-refractivity contribution < 1.29 is 0 Å². The largest absolute Gasteiger partial charge is 0.305 e. The molecule has 1 atom stereocenters. The number of halogens is 2. The number of rotatable bonds is 4. The SMILES string of the molecule is CCNC(c1cc(Cl)cc(Br)c1)c1ccn(C)n1. The molecular formula is C13H15BrClN3. The lowest BCUT2D eigenvalue weighted by molar-refractivity contribution is 0.599. The zero-order chi connectivity index (χ0) is 13.1. The molecule has 1 N–H and O–H groups in total. The second-order valence-corrected chi connectivity index (χ2v) is 5.46. The summed E-state index contributed by atoms with van der Waals surface area (Å²) >= 11 is 9.58. The molecule has 0 saturated heterocycles. The number of aryl methyl sites for hydroxylation is 1. The molecule has 3 nitrogen and oxygen atoms in total. The van der Waals surface area contributed by atoms with Crippen molar-refractivity contribution in [2.45, 2.75) is 13.0 Å². The van der Waals surface area contributed by atoms with Gasteiger partial charge in [-0.2, -0.15) is 5.10 Å². The Bertz CT molecular complexity index is 519. The third kappa shape index (κ3) is 3.13. The van der Waals surface area contributed by atoms with Gasteiger partial charge in [0.1, 0.15) is 0 Å². The molecule has 2 rings (SSSR count). The van der Waals surface area contributed by atoms with Crippen molar-refractivity contribution in [3.63, 3.8) is 0 Å². The monoisotopic (exact) mass is 327 g/mol. The highest BCUT2D eigenvalue weighted by Crippen LogP contribution is 2.27. The lowest BCUT2D eigenvalue weighted by Gasteiger charge is -2.17. The Morgan fingerprint density at radius 3 is 2.78 bits per heavy atom. The van der Waals surface area contributed by atoms with Crippen LogP contribution in [0.15, 0.2) is 34.9 Å². The quantitative estimate of drug-likeness (QED) is 0.930. The van der Waals surface area contributed by atoms with Gasteiger partial charge in [-0.1, -0.05) is 34.5 Å². The van der Waals surface area contributed by atoms with Crippen molar-refractivity contribution in [1.82, 2.24) is 15.1 Å². The second kappa shape index (κ2) is 5.87. The Morgan fingerprint density at radius 2 is 2.22 bits per heavy atom. The number of hydrogen-bond acceptors (Lipinski definition) is 2. The van der Waals surface area contributed by atoms with Crippen molar-refractivity contribution in [2.24, 2.45) is 7.05 Å². The van der Waals surface area contributed by atoms with Crippen LogP contribution in [0.1, 0.15) is 24.2 Å². The van der Waals surface area contributed by atoms with E-state index >= 15 is 0 Å². The topological polar surface area (TPSA) is 29.9 Å². The third-order valence-electron chi connectivity index (χ3n) is 2.66. The first-order valence-corrected chi connectivity index (χ1v) is 6.96. The second-order valence-electron chi connectivity index (χ2n) is 4.11. The van der Waals surface area contributed by atoms with Crippen LogP contribution in [0.25, 0.3) is 0 Å². The number of aromatic nitrogens is 2. The molecule has 96 valence electrons. The van der Waals surface area contributed by atoms with Gasteiger partial charge >= 0.3 is 0 Å². The molecule has 0 fully saturated rings. The lowest BCUT2D eigenvalue weighted by Crippen LogP contribution is -2.22. The Labute approximate surface area is 120 Å². The molecule has 2 aromatic rings. The predicted octanol–water partition coefficient (Wildman–Crippen LogP) is 3.53. The molecule has 5 heteroatoms. The van der Waals surface area contributed by atoms with Crippen LogP contribution in [-0.2, 0) is 7.05 Å². The van der Waals surface area contributed by atoms with E-state index in [0.717, 1.165) is 27.3 Å². The Hall–Kier alpha value is -0.840. The van der Waals surface area contributed by atoms with Crippen LogP contribution in [0.4, 0.5) is 0 Å². The molecule has 1 aromatic carbocycles. The number of benzene rings is 1. The van der Waals surface area contributed by atoms with Crippen molar-refractivity contribution in [2.75, 3.05) is 6.54 Å². The maximum Gasteiger partial charge on any atom is 0.0839 e. The standard InChI is InChI=1S/C13H15BrClN3/c1-3-16-13(12-4-5-18(2)17-12)9-6-10(14)8-11(15)7-9/h4-8,13,16H,3H2,1-2H3. The fourth-order valence-electron chi connectivity index (χ4n) is 1.93. The number of nitrogens with one attached hydrogen (secondary N) is 1. The number of hydrogen-bond donors (Lipinski definition) is 1. The average Bonchev–Trinajstić information content (AvgIpc) is 2.71. The summed E-state index contributed by atoms with van der Waals surface area (Å²) in [5, 5.41) is 8.61. The summed E-state index contributed by atoms with van der Waals surface area (Å²) in [5.41, 5.74) is 2.10. The van der Waals surface area contributed by atoms with E-state index in [1.807, 2.05) is 31.4 Å². The first kappa shape index (κ1) is 13.6. The van der Waals surface area contributed by atoms with Crippen LogP contribution in [0.5, 0.6) is 0 Å². The van der Waals surface area contributed by atoms with Crippen molar-refractivity contribution in [3.8, 4) is 0 Å². The van der Waals surface area contributed by atoms with E-state index in [2.05, 4.69) is 39.3 Å². The molecule has 1 heterocycles. The minimum Gasteiger partial charge on any atom is -0.305 e. The normalized spacial score (nSPS) is 12.7. The van der Waals surface area contributed by atoms with E-state index in [9.17, 15) is 0 Å². The van der Waals surface area contributed by atoms with E-state index < -0.39 is 0 Å². The fourth-order valence-corrected chi connectivity index (χ4v) is 2.81. The molecule has 0 bridgehead atoms. The van der Waals surface area contributed by atoms with Gasteiger partial charge in [0.2, 0.25) is 0 Å². The van der Waals surface area contributed by atoms with E-state index in [0.29, 0.717) is 0 Å². The first-order chi connectivity index (χ1) is 8.60. The maximum atomic E-state index is 6.10. The van der Waals surface area contributed by atoms with Crippen molar-refractivity contribution in [1.29, 1.82) is 0 Å². The molecule has 1 unspecified atom stereocenters. The summed E-state index contributed by atoms with van der Waals surface area (Å²) in [7, 11) is 1.92. The van der Waals surface area contributed by atoms with Crippen molar-refractivity contribution in [3.05, 3.63) is 51.2 Å². The lowest BCUT2D eigenvalue weighted by atomic mass is 10.0. The Morgan fingerprint density at radius 1 is 1.44 bits per heavy atom. The van der Waals surface area contributed by atoms with E-state index in [1.54, 1.807) is 4.68 Å². The van der Waals surface area contributed by atoms with E-state index in [1.165, 1.54) is 0 Å². The summed E-state index contributed by atoms with van der Waals surface area (Å²) in [5.74, 6) is 0. The Balaban J connectivity index is 2.40. The fraction of sp³-hybridized carbons (Fsp3) is 0.308. The zero-order valence-corrected chi connectivity index (χ0v) is 12.7. The van der Waals surface area contributed by atoms with Gasteiger partial charge in [-0.3, -0.25) is 4.68 Å². The maximum absolute atomic E-state index is 6.10. The highest BCUT2D eigenvalue weighted by atomic mass is 79.9. The third-order valence-corrected chi connectivity index (χ3v) is 3.33. The summed E-state index contributed by atoms with van der Waals surface area (Å²) < 4.78 is 2.78. The smallest absolute Gasteiger partial charge is 0.0839 e. The molecule has 1 aromatic heterocycles. The molecule has 0 aliphatic carbocycles. The molecular weight excluding hydrogens is 314 g/mol. The van der Waals surface area contributed by atoms with Gasteiger partial charge in [0.25, 0.3) is 0 Å². The van der Waals surface area contributed by atoms with Crippen LogP contribution in [0.2, 0.25) is 5.02 Å². The Kier molecular flexibility index (Phi) is 4.43. The van der Waals surface area contributed by atoms with Gasteiger partial charge in [-0.05, 0) is 36.4 Å². The first-order valence-electron chi connectivity index (χ1n) is 5.79. The summed E-state index contributed by atoms with van der Waals surface area (Å²) in [4.78, 5) is 0. The van der Waals surface area contributed by atoms with E-state index in [4.69, 9.17) is 11.6 Å². The van der Waals surface area contributed by atoms with Crippen LogP contribution in [0.3, 0.4) is 0 Å². The van der Waals surface area contributed by atoms with Crippen LogP contribution in [-0.4, -0.2) is 16.3 Å². The highest BCUT2D eigenvalue weighted by Gasteiger charge is 2.16. The molecule has 18 heavy (non-hydrogen) atoms. The van der Waals surface area contributed by atoms with Gasteiger partial charge in [-0.15, -0.1) is 0 Å². The van der Waals surface area contributed by atoms with Gasteiger partial charge in [0.05, 0.1) is 11.7 Å². The van der Waals surface area contributed by atoms with Gasteiger partial charge in [0.15, 0.2) is 0 Å². The van der Waals surface area contributed by atoms with Crippen LogP contribution >= 0.6 is 27.5 Å². The molecule has 0 aliphatic rings. The molecule has 0 saturated carbocycles. The minimum atomic E-state index is 0.0613. The van der Waals surface area contributed by atoms with Crippen molar-refractivity contribution >= 4 is 27.5 Å². The summed E-state index contributed by atoms with van der Waals surface area (Å²) in [6.45, 7) is 2.95. The average molecular weight is 329 g/mol. The summed E-state index contributed by atoms with van der Waals surface area (Å²) in [6, 6.07) is 7.99. The van der Waals surface area contributed by atoms with Crippen LogP contribution < -0.4 is 5.32 Å². The number of nitrogens with zero attached hydrogens (tertiary/aromatic N) is 2. The minimum absolute atomic E-state index is 0.0613. The van der Waals surface area contributed by atoms with Crippen LogP contribution in [0, 0.1) is 0 Å². The van der Waals surface area contributed by atoms with Gasteiger partial charge in [0, 0.05) is 22.7 Å². The van der Waals surface area contributed by atoms with Gasteiger partial charge in [-0.25, -0.2) is 0 Å². The predicted molar refractivity (Wildman–Crippen MR) is 77.9 cm³/mol. The summed E-state index contributed by atoms with van der Waals surface area (Å²) in [6.07, 6.45) is 1.94. The van der Waals surface area contributed by atoms with Gasteiger partial charge < -0.3 is 5.32 Å².